The zero-order chi connectivity index (χ0) is 19.3. The molecule has 3 N–H and O–H groups in total. The van der Waals surface area contributed by atoms with Crippen LogP contribution < -0.4 is 10.5 Å². The molecule has 0 fully saturated rings. The maximum atomic E-state index is 12.4. The highest BCUT2D eigenvalue weighted by Crippen LogP contribution is 2.38. The Morgan fingerprint density at radius 3 is 2.42 bits per heavy atom. The minimum atomic E-state index is -0.182. The van der Waals surface area contributed by atoms with E-state index in [1.807, 2.05) is 13.0 Å². The van der Waals surface area contributed by atoms with Gasteiger partial charge in [-0.1, -0.05) is 20.8 Å². The molecule has 2 rings (SSSR count). The molecule has 0 atom stereocenters. The van der Waals surface area contributed by atoms with Crippen LogP contribution in [0.2, 0.25) is 0 Å². The van der Waals surface area contributed by atoms with Crippen LogP contribution in [0.3, 0.4) is 0 Å². The molecule has 2 aromatic rings. The van der Waals surface area contributed by atoms with E-state index >= 15 is 0 Å². The molecule has 0 unspecified atom stereocenters. The Morgan fingerprint density at radius 2 is 1.85 bits per heavy atom. The van der Waals surface area contributed by atoms with Crippen molar-refractivity contribution < 1.29 is 14.6 Å². The van der Waals surface area contributed by atoms with E-state index in [4.69, 9.17) is 10.5 Å². The fourth-order valence-electron chi connectivity index (χ4n) is 2.64. The Labute approximate surface area is 155 Å². The third-order valence-corrected chi connectivity index (χ3v) is 4.65. The number of anilines is 1. The lowest BCUT2D eigenvalue weighted by Crippen LogP contribution is -2.16. The van der Waals surface area contributed by atoms with Crippen molar-refractivity contribution in [3.05, 3.63) is 59.2 Å². The molecule has 4 heteroatoms. The molecule has 0 aromatic heterocycles. The normalized spacial score (nSPS) is 11.7. The minimum Gasteiger partial charge on any atom is -0.508 e. The number of rotatable bonds is 7. The lowest BCUT2D eigenvalue weighted by Gasteiger charge is -2.25. The molecule has 0 amide bonds. The van der Waals surface area contributed by atoms with Crippen LogP contribution in [0.15, 0.2) is 42.5 Å². The number of phenolic OH excluding ortho intramolecular Hbond substituents is 1. The van der Waals surface area contributed by atoms with Gasteiger partial charge >= 0.3 is 0 Å². The van der Waals surface area contributed by atoms with E-state index in [0.717, 1.165) is 17.5 Å². The summed E-state index contributed by atoms with van der Waals surface area (Å²) in [5, 5.41) is 10.4. The number of phenols is 1. The van der Waals surface area contributed by atoms with Gasteiger partial charge in [0, 0.05) is 28.4 Å². The minimum absolute atomic E-state index is 0.114. The summed E-state index contributed by atoms with van der Waals surface area (Å²) < 4.78 is 5.63. The molecule has 0 heterocycles. The van der Waals surface area contributed by atoms with Gasteiger partial charge in [-0.25, -0.2) is 0 Å². The predicted octanol–water partition coefficient (Wildman–Crippen LogP) is 4.96. The van der Waals surface area contributed by atoms with Crippen LogP contribution in [0.4, 0.5) is 5.69 Å². The number of hydrogen-bond donors (Lipinski definition) is 2. The number of hydrogen-bond acceptors (Lipinski definition) is 4. The summed E-state index contributed by atoms with van der Waals surface area (Å²) in [7, 11) is 0. The maximum Gasteiger partial charge on any atom is 0.185 e. The standard InChI is InChI=1S/C22H27NO3/c1-5-22(3,4)18-13-16(21(26-6-2)14-20(18)25)9-12-19(24)15-7-10-17(23)11-8-15/h7-14,25H,5-6,23H2,1-4H3/b12-9+. The number of nitrogen functional groups attached to an aromatic ring is 1. The summed E-state index contributed by atoms with van der Waals surface area (Å²) in [6, 6.07) is 10.3. The van der Waals surface area contributed by atoms with Crippen molar-refractivity contribution in [3.8, 4) is 11.5 Å². The van der Waals surface area contributed by atoms with Crippen molar-refractivity contribution in [1.29, 1.82) is 0 Å². The molecule has 0 saturated heterocycles. The smallest absolute Gasteiger partial charge is 0.185 e. The van der Waals surface area contributed by atoms with Gasteiger partial charge in [-0.2, -0.15) is 0 Å². The zero-order valence-corrected chi connectivity index (χ0v) is 15.9. The monoisotopic (exact) mass is 353 g/mol. The van der Waals surface area contributed by atoms with Gasteiger partial charge in [0.15, 0.2) is 5.78 Å². The van der Waals surface area contributed by atoms with Crippen molar-refractivity contribution in [2.24, 2.45) is 0 Å². The molecule has 138 valence electrons. The molecular formula is C22H27NO3. The first-order chi connectivity index (χ1) is 12.3. The van der Waals surface area contributed by atoms with Crippen LogP contribution in [0, 0.1) is 0 Å². The summed E-state index contributed by atoms with van der Waals surface area (Å²) in [6.45, 7) is 8.59. The molecule has 2 aromatic carbocycles. The number of benzene rings is 2. The Hall–Kier alpha value is -2.75. The number of allylic oxidation sites excluding steroid dienone is 1. The summed E-state index contributed by atoms with van der Waals surface area (Å²) in [4.78, 5) is 12.4. The summed E-state index contributed by atoms with van der Waals surface area (Å²) in [5.41, 5.74) is 8.27. The lowest BCUT2D eigenvalue weighted by molar-refractivity contribution is 0.104. The average molecular weight is 353 g/mol. The maximum absolute atomic E-state index is 12.4. The zero-order valence-electron chi connectivity index (χ0n) is 15.9. The third kappa shape index (κ3) is 4.45. The Kier molecular flexibility index (Phi) is 6.09. The topological polar surface area (TPSA) is 72.5 Å². The fraction of sp³-hybridized carbons (Fsp3) is 0.318. The molecule has 0 bridgehead atoms. The van der Waals surface area contributed by atoms with E-state index in [2.05, 4.69) is 20.8 Å². The van der Waals surface area contributed by atoms with Gasteiger partial charge in [0.2, 0.25) is 0 Å². The lowest BCUT2D eigenvalue weighted by atomic mass is 9.81. The molecule has 0 radical (unpaired) electrons. The average Bonchev–Trinajstić information content (AvgIpc) is 2.61. The SMILES string of the molecule is CCOc1cc(O)c(C(C)(C)CC)cc1/C=C/C(=O)c1ccc(N)cc1. The highest BCUT2D eigenvalue weighted by atomic mass is 16.5. The summed E-state index contributed by atoms with van der Waals surface area (Å²) in [6.07, 6.45) is 4.13. The van der Waals surface area contributed by atoms with Crippen molar-refractivity contribution in [2.45, 2.75) is 39.5 Å². The number of carbonyl (C=O) groups excluding carboxylic acids is 1. The largest absolute Gasteiger partial charge is 0.508 e. The second-order valence-electron chi connectivity index (χ2n) is 6.90. The van der Waals surface area contributed by atoms with Gasteiger partial charge in [-0.3, -0.25) is 4.79 Å². The molecule has 0 aliphatic heterocycles. The first-order valence-electron chi connectivity index (χ1n) is 8.86. The van der Waals surface area contributed by atoms with Crippen LogP contribution in [0.1, 0.15) is 55.6 Å². The van der Waals surface area contributed by atoms with Crippen molar-refractivity contribution in [2.75, 3.05) is 12.3 Å². The van der Waals surface area contributed by atoms with Gasteiger partial charge in [-0.15, -0.1) is 0 Å². The van der Waals surface area contributed by atoms with Gasteiger partial charge in [0.1, 0.15) is 11.5 Å². The fourth-order valence-corrected chi connectivity index (χ4v) is 2.64. The molecule has 0 spiro atoms. The molecular weight excluding hydrogens is 326 g/mol. The third-order valence-electron chi connectivity index (χ3n) is 4.65. The quantitative estimate of drug-likeness (QED) is 0.419. The van der Waals surface area contributed by atoms with E-state index in [1.165, 1.54) is 6.08 Å². The van der Waals surface area contributed by atoms with Crippen molar-refractivity contribution in [3.63, 3.8) is 0 Å². The highest BCUT2D eigenvalue weighted by Gasteiger charge is 2.23. The van der Waals surface area contributed by atoms with Crippen molar-refractivity contribution >= 4 is 17.5 Å². The Morgan fingerprint density at radius 1 is 1.19 bits per heavy atom. The molecule has 4 nitrogen and oxygen atoms in total. The predicted molar refractivity (Wildman–Crippen MR) is 107 cm³/mol. The highest BCUT2D eigenvalue weighted by molar-refractivity contribution is 6.07. The number of aromatic hydroxyl groups is 1. The number of ketones is 1. The summed E-state index contributed by atoms with van der Waals surface area (Å²) >= 11 is 0. The van der Waals surface area contributed by atoms with Gasteiger partial charge in [-0.05, 0) is 61.2 Å². The molecule has 26 heavy (non-hydrogen) atoms. The van der Waals surface area contributed by atoms with E-state index in [-0.39, 0.29) is 16.9 Å². The molecule has 0 aliphatic rings. The van der Waals surface area contributed by atoms with Gasteiger partial charge < -0.3 is 15.6 Å². The second kappa shape index (κ2) is 8.09. The van der Waals surface area contributed by atoms with Crippen LogP contribution in [-0.2, 0) is 5.41 Å². The van der Waals surface area contributed by atoms with E-state index in [1.54, 1.807) is 36.4 Å². The Bertz CT molecular complexity index is 805. The van der Waals surface area contributed by atoms with Crippen LogP contribution in [0.25, 0.3) is 6.08 Å². The van der Waals surface area contributed by atoms with Gasteiger partial charge in [0.25, 0.3) is 0 Å². The molecule has 0 saturated carbocycles. The number of carbonyl (C=O) groups is 1. The molecule has 0 aliphatic carbocycles. The van der Waals surface area contributed by atoms with Gasteiger partial charge in [0.05, 0.1) is 6.61 Å². The van der Waals surface area contributed by atoms with Crippen LogP contribution in [-0.4, -0.2) is 17.5 Å². The number of nitrogens with two attached hydrogens (primary N) is 1. The van der Waals surface area contributed by atoms with E-state index in [0.29, 0.717) is 23.6 Å². The first kappa shape index (κ1) is 19.6. The van der Waals surface area contributed by atoms with Crippen LogP contribution in [0.5, 0.6) is 11.5 Å². The van der Waals surface area contributed by atoms with Crippen molar-refractivity contribution in [1.82, 2.24) is 0 Å². The van der Waals surface area contributed by atoms with E-state index < -0.39 is 0 Å². The van der Waals surface area contributed by atoms with E-state index in [9.17, 15) is 9.90 Å². The Balaban J connectivity index is 2.40. The van der Waals surface area contributed by atoms with Crippen LogP contribution >= 0.6 is 0 Å². The summed E-state index contributed by atoms with van der Waals surface area (Å²) in [5.74, 6) is 0.654. The number of ether oxygens (including phenoxy) is 1. The first-order valence-corrected chi connectivity index (χ1v) is 8.86. The second-order valence-corrected chi connectivity index (χ2v) is 6.90.